The molecule has 22 heavy (non-hydrogen) atoms. The zero-order valence-electron chi connectivity index (χ0n) is 13.6. The van der Waals surface area contributed by atoms with E-state index in [9.17, 15) is 13.2 Å². The number of sulfone groups is 1. The van der Waals surface area contributed by atoms with E-state index in [1.165, 1.54) is 6.26 Å². The Kier molecular flexibility index (Phi) is 6.09. The molecule has 0 radical (unpaired) electrons. The number of carbonyl (C=O) groups is 1. The molecule has 2 rings (SSSR count). The second-order valence-electron chi connectivity index (χ2n) is 6.65. The molecule has 0 spiro atoms. The van der Waals surface area contributed by atoms with Crippen molar-refractivity contribution in [3.05, 3.63) is 0 Å². The third-order valence-electron chi connectivity index (χ3n) is 4.61. The SMILES string of the molecule is C[C@H](CCS(C)(=O)=O)NC(=O)N1CCC([C@H]2CCCO2)CC1. The second kappa shape index (κ2) is 7.64. The van der Waals surface area contributed by atoms with Gasteiger partial charge in [-0.2, -0.15) is 0 Å². The summed E-state index contributed by atoms with van der Waals surface area (Å²) in [4.78, 5) is 14.0. The van der Waals surface area contributed by atoms with Gasteiger partial charge in [0.2, 0.25) is 0 Å². The molecule has 2 aliphatic heterocycles. The molecule has 2 atom stereocenters. The van der Waals surface area contributed by atoms with E-state index in [2.05, 4.69) is 5.32 Å². The predicted octanol–water partition coefficient (Wildman–Crippen LogP) is 1.41. The van der Waals surface area contributed by atoms with Crippen LogP contribution >= 0.6 is 0 Å². The van der Waals surface area contributed by atoms with Gasteiger partial charge in [-0.25, -0.2) is 13.2 Å². The summed E-state index contributed by atoms with van der Waals surface area (Å²) in [5.74, 6) is 0.685. The maximum absolute atomic E-state index is 12.2. The summed E-state index contributed by atoms with van der Waals surface area (Å²) in [6, 6.07) is -0.204. The van der Waals surface area contributed by atoms with Crippen LogP contribution in [0.4, 0.5) is 4.79 Å². The van der Waals surface area contributed by atoms with E-state index in [1.54, 1.807) is 0 Å². The number of amides is 2. The molecule has 2 aliphatic rings. The number of urea groups is 1. The largest absolute Gasteiger partial charge is 0.378 e. The molecular formula is C15H28N2O4S. The average molecular weight is 332 g/mol. The van der Waals surface area contributed by atoms with Crippen molar-refractivity contribution in [1.29, 1.82) is 0 Å². The first-order chi connectivity index (χ1) is 10.3. The van der Waals surface area contributed by atoms with Crippen molar-refractivity contribution >= 4 is 15.9 Å². The molecular weight excluding hydrogens is 304 g/mol. The number of nitrogens with zero attached hydrogens (tertiary/aromatic N) is 1. The summed E-state index contributed by atoms with van der Waals surface area (Å²) in [5, 5.41) is 2.90. The maximum Gasteiger partial charge on any atom is 0.317 e. The fourth-order valence-corrected chi connectivity index (χ4v) is 4.00. The lowest BCUT2D eigenvalue weighted by molar-refractivity contribution is 0.0371. The lowest BCUT2D eigenvalue weighted by Gasteiger charge is -2.35. The van der Waals surface area contributed by atoms with Gasteiger partial charge in [0.15, 0.2) is 0 Å². The van der Waals surface area contributed by atoms with Crippen LogP contribution in [0.1, 0.15) is 39.0 Å². The first-order valence-electron chi connectivity index (χ1n) is 8.20. The zero-order valence-corrected chi connectivity index (χ0v) is 14.4. The predicted molar refractivity (Wildman–Crippen MR) is 85.6 cm³/mol. The van der Waals surface area contributed by atoms with Gasteiger partial charge < -0.3 is 15.0 Å². The van der Waals surface area contributed by atoms with E-state index in [4.69, 9.17) is 4.74 Å². The van der Waals surface area contributed by atoms with Gasteiger partial charge in [-0.1, -0.05) is 0 Å². The Hall–Kier alpha value is -0.820. The number of hydrogen-bond donors (Lipinski definition) is 1. The Morgan fingerprint density at radius 1 is 1.32 bits per heavy atom. The molecule has 2 heterocycles. The van der Waals surface area contributed by atoms with Crippen LogP contribution in [0.2, 0.25) is 0 Å². The Labute approximate surface area is 133 Å². The quantitative estimate of drug-likeness (QED) is 0.826. The Morgan fingerprint density at radius 2 is 2.00 bits per heavy atom. The fourth-order valence-electron chi connectivity index (χ4n) is 3.21. The van der Waals surface area contributed by atoms with Crippen LogP contribution in [0.15, 0.2) is 0 Å². The van der Waals surface area contributed by atoms with Gasteiger partial charge in [-0.3, -0.25) is 0 Å². The van der Waals surface area contributed by atoms with Crippen LogP contribution in [-0.4, -0.2) is 63.2 Å². The van der Waals surface area contributed by atoms with Crippen LogP contribution in [0, 0.1) is 5.92 Å². The zero-order chi connectivity index (χ0) is 16.2. The minimum absolute atomic E-state index is 0.0770. The third kappa shape index (κ3) is 5.43. The molecule has 128 valence electrons. The third-order valence-corrected chi connectivity index (χ3v) is 5.59. The molecule has 7 heteroatoms. The Balaban J connectivity index is 1.70. The van der Waals surface area contributed by atoms with Crippen molar-refractivity contribution in [3.63, 3.8) is 0 Å². The molecule has 2 saturated heterocycles. The topological polar surface area (TPSA) is 75.7 Å². The van der Waals surface area contributed by atoms with Gasteiger partial charge in [-0.15, -0.1) is 0 Å². The van der Waals surface area contributed by atoms with E-state index >= 15 is 0 Å². The minimum Gasteiger partial charge on any atom is -0.378 e. The monoisotopic (exact) mass is 332 g/mol. The van der Waals surface area contributed by atoms with Crippen molar-refractivity contribution in [2.24, 2.45) is 5.92 Å². The normalized spacial score (nSPS) is 25.2. The molecule has 6 nitrogen and oxygen atoms in total. The van der Waals surface area contributed by atoms with Crippen molar-refractivity contribution in [1.82, 2.24) is 10.2 Å². The molecule has 0 aromatic rings. The smallest absolute Gasteiger partial charge is 0.317 e. The van der Waals surface area contributed by atoms with Crippen LogP contribution in [0.3, 0.4) is 0 Å². The van der Waals surface area contributed by atoms with Crippen molar-refractivity contribution in [2.75, 3.05) is 31.7 Å². The number of piperidine rings is 1. The summed E-state index contributed by atoms with van der Waals surface area (Å²) in [7, 11) is -2.98. The summed E-state index contributed by atoms with van der Waals surface area (Å²) < 4.78 is 28.0. The van der Waals surface area contributed by atoms with E-state index < -0.39 is 9.84 Å². The lowest BCUT2D eigenvalue weighted by atomic mass is 9.90. The summed E-state index contributed by atoms with van der Waals surface area (Å²) in [6.07, 6.45) is 6.36. The van der Waals surface area contributed by atoms with Gasteiger partial charge in [0, 0.05) is 32.0 Å². The maximum atomic E-state index is 12.2. The van der Waals surface area contributed by atoms with E-state index in [-0.39, 0.29) is 17.8 Å². The van der Waals surface area contributed by atoms with Gasteiger partial charge in [0.05, 0.1) is 11.9 Å². The van der Waals surface area contributed by atoms with Crippen LogP contribution < -0.4 is 5.32 Å². The standard InChI is InChI=1S/C15H28N2O4S/c1-12(7-11-22(2,19)20)16-15(18)17-8-5-13(6-9-17)14-4-3-10-21-14/h12-14H,3-11H2,1-2H3,(H,16,18)/t12-,14-/m1/s1. The number of likely N-dealkylation sites (tertiary alicyclic amines) is 1. The van der Waals surface area contributed by atoms with Gasteiger partial charge in [0.25, 0.3) is 0 Å². The summed E-state index contributed by atoms with van der Waals surface area (Å²) in [5.41, 5.74) is 0. The Morgan fingerprint density at radius 3 is 2.55 bits per heavy atom. The highest BCUT2D eigenvalue weighted by molar-refractivity contribution is 7.90. The number of hydrogen-bond acceptors (Lipinski definition) is 4. The molecule has 0 aromatic carbocycles. The average Bonchev–Trinajstić information content (AvgIpc) is 2.99. The first kappa shape index (κ1) is 17.5. The minimum atomic E-state index is -2.98. The van der Waals surface area contributed by atoms with E-state index in [1.807, 2.05) is 11.8 Å². The fraction of sp³-hybridized carbons (Fsp3) is 0.933. The van der Waals surface area contributed by atoms with Crippen molar-refractivity contribution in [3.8, 4) is 0 Å². The summed E-state index contributed by atoms with van der Waals surface area (Å²) in [6.45, 7) is 4.25. The van der Waals surface area contributed by atoms with Crippen LogP contribution in [0.25, 0.3) is 0 Å². The van der Waals surface area contributed by atoms with Gasteiger partial charge in [0.1, 0.15) is 9.84 Å². The van der Waals surface area contributed by atoms with Crippen molar-refractivity contribution in [2.45, 2.75) is 51.2 Å². The second-order valence-corrected chi connectivity index (χ2v) is 8.90. The molecule has 0 aliphatic carbocycles. The number of nitrogens with one attached hydrogen (secondary N) is 1. The molecule has 2 fully saturated rings. The van der Waals surface area contributed by atoms with E-state index in [0.29, 0.717) is 18.4 Å². The van der Waals surface area contributed by atoms with Gasteiger partial charge in [-0.05, 0) is 44.9 Å². The summed E-state index contributed by atoms with van der Waals surface area (Å²) >= 11 is 0. The first-order valence-corrected chi connectivity index (χ1v) is 10.3. The molecule has 2 amide bonds. The highest BCUT2D eigenvalue weighted by Gasteiger charge is 2.31. The lowest BCUT2D eigenvalue weighted by Crippen LogP contribution is -2.48. The van der Waals surface area contributed by atoms with Crippen molar-refractivity contribution < 1.29 is 17.9 Å². The number of ether oxygens (including phenoxy) is 1. The van der Waals surface area contributed by atoms with Crippen LogP contribution in [-0.2, 0) is 14.6 Å². The van der Waals surface area contributed by atoms with Gasteiger partial charge >= 0.3 is 6.03 Å². The van der Waals surface area contributed by atoms with E-state index in [0.717, 1.165) is 45.4 Å². The number of carbonyl (C=O) groups excluding carboxylic acids is 1. The molecule has 1 N–H and O–H groups in total. The highest BCUT2D eigenvalue weighted by atomic mass is 32.2. The Bertz CT molecular complexity index is 466. The molecule has 0 unspecified atom stereocenters. The molecule has 0 aromatic heterocycles. The molecule has 0 saturated carbocycles. The molecule has 0 bridgehead atoms. The number of rotatable bonds is 5. The van der Waals surface area contributed by atoms with Crippen LogP contribution in [0.5, 0.6) is 0 Å². The highest BCUT2D eigenvalue weighted by Crippen LogP contribution is 2.28.